The van der Waals surface area contributed by atoms with Crippen molar-refractivity contribution in [2.45, 2.75) is 39.5 Å². The summed E-state index contributed by atoms with van der Waals surface area (Å²) in [6, 6.07) is 0. The molecule has 1 heterocycles. The van der Waals surface area contributed by atoms with Gasteiger partial charge < -0.3 is 15.8 Å². The van der Waals surface area contributed by atoms with Gasteiger partial charge in [-0.2, -0.15) is 0 Å². The van der Waals surface area contributed by atoms with Crippen molar-refractivity contribution in [2.24, 2.45) is 0 Å². The number of nitrogens with two attached hydrogens (primary N) is 1. The Labute approximate surface area is 109 Å². The highest BCUT2D eigenvalue weighted by atomic mass is 16.5. The van der Waals surface area contributed by atoms with E-state index in [-0.39, 0.29) is 0 Å². The maximum absolute atomic E-state index is 5.87. The number of hydrogen-bond donors (Lipinski definition) is 2. The van der Waals surface area contributed by atoms with Crippen LogP contribution in [0.3, 0.4) is 0 Å². The maximum Gasteiger partial charge on any atom is 0.135 e. The summed E-state index contributed by atoms with van der Waals surface area (Å²) in [5.74, 6) is 1.67. The Kier molecular flexibility index (Phi) is 6.43. The van der Waals surface area contributed by atoms with Crippen LogP contribution in [0.2, 0.25) is 0 Å². The Balaban J connectivity index is 2.44. The van der Waals surface area contributed by atoms with Crippen molar-refractivity contribution in [3.8, 4) is 0 Å². The summed E-state index contributed by atoms with van der Waals surface area (Å²) in [5, 5.41) is 3.26. The number of nitrogens with zero attached hydrogens (tertiary/aromatic N) is 2. The average Bonchev–Trinajstić information content (AvgIpc) is 2.33. The molecule has 18 heavy (non-hydrogen) atoms. The molecule has 1 aromatic heterocycles. The molecule has 0 aliphatic rings. The van der Waals surface area contributed by atoms with Crippen molar-refractivity contribution in [3.63, 3.8) is 0 Å². The first-order valence-corrected chi connectivity index (χ1v) is 6.58. The molecule has 5 heteroatoms. The predicted octanol–water partition coefficient (Wildman–Crippen LogP) is 2.41. The molecular formula is C13H24N4O. The quantitative estimate of drug-likeness (QED) is 0.695. The molecule has 0 atom stereocenters. The normalized spacial score (nSPS) is 10.9. The van der Waals surface area contributed by atoms with E-state index in [1.807, 2.05) is 0 Å². The zero-order chi connectivity index (χ0) is 13.4. The molecule has 0 saturated heterocycles. The smallest absolute Gasteiger partial charge is 0.135 e. The molecule has 5 nitrogen and oxygen atoms in total. The lowest BCUT2D eigenvalue weighted by atomic mass is 10.0. The van der Waals surface area contributed by atoms with Crippen LogP contribution < -0.4 is 11.1 Å². The second kappa shape index (κ2) is 7.87. The number of aromatic nitrogens is 2. The first kappa shape index (κ1) is 14.7. The van der Waals surface area contributed by atoms with Gasteiger partial charge in [-0.25, -0.2) is 9.97 Å². The molecule has 0 fully saturated rings. The minimum atomic E-state index is 0.301. The van der Waals surface area contributed by atoms with Crippen LogP contribution in [0.4, 0.5) is 11.6 Å². The van der Waals surface area contributed by atoms with Crippen LogP contribution in [0.25, 0.3) is 0 Å². The largest absolute Gasteiger partial charge is 0.383 e. The summed E-state index contributed by atoms with van der Waals surface area (Å²) < 4.78 is 5.49. The van der Waals surface area contributed by atoms with Crippen LogP contribution in [-0.2, 0) is 4.74 Å². The first-order chi connectivity index (χ1) is 8.66. The van der Waals surface area contributed by atoms with Gasteiger partial charge in [-0.3, -0.25) is 0 Å². The fourth-order valence-electron chi connectivity index (χ4n) is 1.71. The molecule has 0 unspecified atom stereocenters. The van der Waals surface area contributed by atoms with E-state index in [4.69, 9.17) is 10.5 Å². The third-order valence-electron chi connectivity index (χ3n) is 2.67. The van der Waals surface area contributed by atoms with Crippen LogP contribution in [0.1, 0.15) is 45.1 Å². The summed E-state index contributed by atoms with van der Waals surface area (Å²) in [4.78, 5) is 8.26. The number of rotatable bonds is 8. The van der Waals surface area contributed by atoms with E-state index in [9.17, 15) is 0 Å². The minimum absolute atomic E-state index is 0.301. The maximum atomic E-state index is 5.87. The molecule has 0 saturated carbocycles. The van der Waals surface area contributed by atoms with Gasteiger partial charge in [0, 0.05) is 18.7 Å². The molecule has 1 rings (SSSR count). The third kappa shape index (κ3) is 4.49. The molecule has 0 spiro atoms. The van der Waals surface area contributed by atoms with Gasteiger partial charge in [-0.05, 0) is 12.3 Å². The number of ether oxygens (including phenoxy) is 1. The first-order valence-electron chi connectivity index (χ1n) is 6.58. The minimum Gasteiger partial charge on any atom is -0.383 e. The van der Waals surface area contributed by atoms with Crippen LogP contribution in [0, 0.1) is 0 Å². The highest BCUT2D eigenvalue weighted by molar-refractivity contribution is 5.56. The van der Waals surface area contributed by atoms with Gasteiger partial charge in [0.25, 0.3) is 0 Å². The Morgan fingerprint density at radius 2 is 2.11 bits per heavy atom. The molecular weight excluding hydrogens is 228 g/mol. The van der Waals surface area contributed by atoms with Crippen molar-refractivity contribution >= 4 is 11.6 Å². The van der Waals surface area contributed by atoms with Crippen LogP contribution in [0.5, 0.6) is 0 Å². The molecule has 1 aromatic rings. The van der Waals surface area contributed by atoms with Gasteiger partial charge in [0.15, 0.2) is 0 Å². The SMILES string of the molecule is CCCCOCCNc1ncnc(N)c1C(C)C. The van der Waals surface area contributed by atoms with Crippen molar-refractivity contribution < 1.29 is 4.74 Å². The van der Waals surface area contributed by atoms with Gasteiger partial charge in [0.05, 0.1) is 6.61 Å². The number of nitrogens with one attached hydrogen (secondary N) is 1. The van der Waals surface area contributed by atoms with E-state index in [1.165, 1.54) is 6.33 Å². The summed E-state index contributed by atoms with van der Waals surface area (Å²) in [5.41, 5.74) is 6.85. The van der Waals surface area contributed by atoms with Gasteiger partial charge in [0.2, 0.25) is 0 Å². The van der Waals surface area contributed by atoms with Gasteiger partial charge in [-0.1, -0.05) is 27.2 Å². The second-order valence-electron chi connectivity index (χ2n) is 4.57. The summed E-state index contributed by atoms with van der Waals surface area (Å²) in [6.07, 6.45) is 3.76. The lowest BCUT2D eigenvalue weighted by Crippen LogP contribution is -2.14. The third-order valence-corrected chi connectivity index (χ3v) is 2.67. The van der Waals surface area contributed by atoms with Crippen molar-refractivity contribution in [1.29, 1.82) is 0 Å². The number of anilines is 2. The summed E-state index contributed by atoms with van der Waals surface area (Å²) in [6.45, 7) is 8.55. The molecule has 0 aliphatic heterocycles. The van der Waals surface area contributed by atoms with E-state index >= 15 is 0 Å². The molecule has 0 radical (unpaired) electrons. The lowest BCUT2D eigenvalue weighted by molar-refractivity contribution is 0.141. The standard InChI is InChI=1S/C13H24N4O/c1-4-5-7-18-8-6-15-13-11(10(2)3)12(14)16-9-17-13/h9-10H,4-8H2,1-3H3,(H3,14,15,16,17). The van der Waals surface area contributed by atoms with Crippen molar-refractivity contribution in [2.75, 3.05) is 30.8 Å². The number of hydrogen-bond acceptors (Lipinski definition) is 5. The Morgan fingerprint density at radius 3 is 2.78 bits per heavy atom. The zero-order valence-electron chi connectivity index (χ0n) is 11.6. The van der Waals surface area contributed by atoms with E-state index in [1.54, 1.807) is 0 Å². The highest BCUT2D eigenvalue weighted by Crippen LogP contribution is 2.25. The Bertz CT molecular complexity index is 355. The molecule has 0 aliphatic carbocycles. The fraction of sp³-hybridized carbons (Fsp3) is 0.692. The molecule has 0 bridgehead atoms. The van der Waals surface area contributed by atoms with Gasteiger partial charge >= 0.3 is 0 Å². The zero-order valence-corrected chi connectivity index (χ0v) is 11.6. The number of nitrogen functional groups attached to an aromatic ring is 1. The van der Waals surface area contributed by atoms with Gasteiger partial charge in [-0.15, -0.1) is 0 Å². The second-order valence-corrected chi connectivity index (χ2v) is 4.57. The molecule has 102 valence electrons. The van der Waals surface area contributed by atoms with Crippen LogP contribution >= 0.6 is 0 Å². The Hall–Kier alpha value is -1.36. The molecule has 0 amide bonds. The van der Waals surface area contributed by atoms with Crippen molar-refractivity contribution in [1.82, 2.24) is 9.97 Å². The van der Waals surface area contributed by atoms with Crippen molar-refractivity contribution in [3.05, 3.63) is 11.9 Å². The molecule has 0 aromatic carbocycles. The highest BCUT2D eigenvalue weighted by Gasteiger charge is 2.12. The van der Waals surface area contributed by atoms with Crippen LogP contribution in [-0.4, -0.2) is 29.7 Å². The summed E-state index contributed by atoms with van der Waals surface area (Å²) in [7, 11) is 0. The van der Waals surface area contributed by atoms with E-state index in [2.05, 4.69) is 36.1 Å². The van der Waals surface area contributed by atoms with E-state index in [0.29, 0.717) is 18.3 Å². The summed E-state index contributed by atoms with van der Waals surface area (Å²) >= 11 is 0. The van der Waals surface area contributed by atoms with Gasteiger partial charge in [0.1, 0.15) is 18.0 Å². The van der Waals surface area contributed by atoms with E-state index in [0.717, 1.165) is 37.4 Å². The fourth-order valence-corrected chi connectivity index (χ4v) is 1.71. The average molecular weight is 252 g/mol. The number of unbranched alkanes of at least 4 members (excludes halogenated alkanes) is 1. The predicted molar refractivity (Wildman–Crippen MR) is 74.8 cm³/mol. The van der Waals surface area contributed by atoms with E-state index < -0.39 is 0 Å². The van der Waals surface area contributed by atoms with Crippen LogP contribution in [0.15, 0.2) is 6.33 Å². The lowest BCUT2D eigenvalue weighted by Gasteiger charge is -2.14. The monoisotopic (exact) mass is 252 g/mol. The molecule has 3 N–H and O–H groups in total. The topological polar surface area (TPSA) is 73.1 Å². The Morgan fingerprint density at radius 1 is 1.33 bits per heavy atom.